The Morgan fingerprint density at radius 3 is 2.10 bits per heavy atom. The summed E-state index contributed by atoms with van der Waals surface area (Å²) in [6, 6.07) is 15.9. The molecule has 7 nitrogen and oxygen atoms in total. The van der Waals surface area contributed by atoms with Gasteiger partial charge >= 0.3 is 5.97 Å². The fourth-order valence-electron chi connectivity index (χ4n) is 2.24. The first-order valence-corrected chi connectivity index (χ1v) is 10.2. The van der Waals surface area contributed by atoms with Crippen LogP contribution in [-0.4, -0.2) is 26.9 Å². The minimum absolute atomic E-state index is 0.0454. The predicted octanol–water partition coefficient (Wildman–Crippen LogP) is 3.92. The van der Waals surface area contributed by atoms with Crippen LogP contribution in [-0.2, 0) is 20.8 Å². The molecular weight excluding hydrogens is 471 g/mol. The highest BCUT2D eigenvalue weighted by atomic mass is 35.6. The summed E-state index contributed by atoms with van der Waals surface area (Å²) < 4.78 is -1.88. The molecule has 0 radical (unpaired) electrons. The molecule has 30 heavy (non-hydrogen) atoms. The first-order valence-electron chi connectivity index (χ1n) is 8.64. The van der Waals surface area contributed by atoms with E-state index in [1.165, 1.54) is 6.92 Å². The Kier molecular flexibility index (Phi) is 9.13. The topological polar surface area (TPSA) is 91.5 Å². The molecule has 0 heterocycles. The molecule has 0 aromatic heterocycles. The summed E-state index contributed by atoms with van der Waals surface area (Å²) in [6.45, 7) is 1.42. The number of hydrogen-bond donors (Lipinski definition) is 4. The van der Waals surface area contributed by atoms with Gasteiger partial charge in [0.05, 0.1) is 6.42 Å². The van der Waals surface area contributed by atoms with Crippen molar-refractivity contribution in [3.05, 3.63) is 60.2 Å². The Hall–Kier alpha value is -2.10. The van der Waals surface area contributed by atoms with Gasteiger partial charge in [-0.1, -0.05) is 65.1 Å². The lowest BCUT2D eigenvalue weighted by Gasteiger charge is -2.27. The van der Waals surface area contributed by atoms with Gasteiger partial charge in [-0.25, -0.2) is 0 Å². The summed E-state index contributed by atoms with van der Waals surface area (Å²) in [5.41, 5.74) is 4.44. The fraction of sp³-hybridized carbons (Fsp3) is 0.211. The van der Waals surface area contributed by atoms with Crippen LogP contribution in [0.4, 0.5) is 11.4 Å². The molecule has 1 atom stereocenters. The largest absolute Gasteiger partial charge is 0.368 e. The fourth-order valence-corrected chi connectivity index (χ4v) is 2.77. The lowest BCUT2D eigenvalue weighted by atomic mass is 10.2. The van der Waals surface area contributed by atoms with Crippen LogP contribution in [0, 0.1) is 0 Å². The zero-order valence-corrected chi connectivity index (χ0v) is 18.8. The number of nitrogens with one attached hydrogen (secondary N) is 4. The van der Waals surface area contributed by atoms with E-state index in [1.54, 1.807) is 36.4 Å². The molecule has 1 unspecified atom stereocenters. The van der Waals surface area contributed by atoms with Gasteiger partial charge in [-0.2, -0.15) is 0 Å². The zero-order valence-electron chi connectivity index (χ0n) is 15.7. The lowest BCUT2D eigenvalue weighted by Crippen LogP contribution is -2.54. The maximum atomic E-state index is 12.0. The number of anilines is 2. The molecule has 2 aromatic carbocycles. The van der Waals surface area contributed by atoms with E-state index in [2.05, 4.69) is 21.4 Å². The highest BCUT2D eigenvalue weighted by molar-refractivity contribution is 7.80. The summed E-state index contributed by atoms with van der Waals surface area (Å²) in [6.07, 6.45) is -1.08. The van der Waals surface area contributed by atoms with Crippen LogP contribution >= 0.6 is 47.0 Å². The summed E-state index contributed by atoms with van der Waals surface area (Å²) in [4.78, 5) is 28.1. The molecule has 2 aromatic rings. The third-order valence-electron chi connectivity index (χ3n) is 3.55. The number of benzene rings is 2. The van der Waals surface area contributed by atoms with Crippen molar-refractivity contribution < 1.29 is 14.4 Å². The molecule has 0 saturated carbocycles. The highest BCUT2D eigenvalue weighted by Crippen LogP contribution is 2.29. The van der Waals surface area contributed by atoms with E-state index in [0.717, 1.165) is 5.56 Å². The van der Waals surface area contributed by atoms with E-state index in [1.807, 2.05) is 18.2 Å². The quantitative estimate of drug-likeness (QED) is 0.203. The van der Waals surface area contributed by atoms with Gasteiger partial charge in [0.2, 0.25) is 9.70 Å². The first-order chi connectivity index (χ1) is 14.1. The second-order valence-corrected chi connectivity index (χ2v) is 8.86. The number of thiocarbonyl (C=S) groups is 1. The van der Waals surface area contributed by atoms with Crippen LogP contribution in [0.5, 0.6) is 0 Å². The van der Waals surface area contributed by atoms with E-state index >= 15 is 0 Å². The van der Waals surface area contributed by atoms with E-state index in [-0.39, 0.29) is 17.4 Å². The van der Waals surface area contributed by atoms with Crippen molar-refractivity contribution in [3.63, 3.8) is 0 Å². The second kappa shape index (κ2) is 11.3. The molecule has 160 valence electrons. The third kappa shape index (κ3) is 8.73. The van der Waals surface area contributed by atoms with Crippen LogP contribution in [0.15, 0.2) is 54.6 Å². The third-order valence-corrected chi connectivity index (χ3v) is 4.42. The SMILES string of the molecule is CC(=O)Nc1ccc(NC(=S)NC(NOC(=O)Cc2ccccc2)C(Cl)(Cl)Cl)cc1. The number of hydrogen-bond acceptors (Lipinski definition) is 5. The molecule has 0 spiro atoms. The van der Waals surface area contributed by atoms with Gasteiger partial charge in [-0.3, -0.25) is 9.59 Å². The van der Waals surface area contributed by atoms with E-state index < -0.39 is 15.9 Å². The molecule has 0 saturated heterocycles. The number of hydroxylamine groups is 1. The van der Waals surface area contributed by atoms with Gasteiger partial charge < -0.3 is 20.8 Å². The van der Waals surface area contributed by atoms with Gasteiger partial charge in [0.25, 0.3) is 0 Å². The molecule has 4 N–H and O–H groups in total. The van der Waals surface area contributed by atoms with Gasteiger partial charge in [0, 0.05) is 18.3 Å². The molecule has 1 amide bonds. The minimum Gasteiger partial charge on any atom is -0.368 e. The van der Waals surface area contributed by atoms with Crippen molar-refractivity contribution in [2.24, 2.45) is 0 Å². The van der Waals surface area contributed by atoms with Gasteiger partial charge in [0.15, 0.2) is 11.3 Å². The second-order valence-electron chi connectivity index (χ2n) is 6.09. The number of halogens is 3. The van der Waals surface area contributed by atoms with Gasteiger partial charge in [-0.15, -0.1) is 5.48 Å². The van der Waals surface area contributed by atoms with Crippen molar-refractivity contribution in [3.8, 4) is 0 Å². The van der Waals surface area contributed by atoms with Crippen LogP contribution < -0.4 is 21.4 Å². The number of rotatable bonds is 7. The normalized spacial score (nSPS) is 11.9. The molecule has 0 aliphatic rings. The zero-order chi connectivity index (χ0) is 22.1. The first kappa shape index (κ1) is 24.2. The predicted molar refractivity (Wildman–Crippen MR) is 124 cm³/mol. The summed E-state index contributed by atoms with van der Waals surface area (Å²) >= 11 is 23.1. The molecule has 2 rings (SSSR count). The van der Waals surface area contributed by atoms with Crippen molar-refractivity contribution in [1.82, 2.24) is 10.8 Å². The molecule has 0 bridgehead atoms. The van der Waals surface area contributed by atoms with E-state index in [9.17, 15) is 9.59 Å². The molecule has 0 aliphatic carbocycles. The molecular formula is C19H19Cl3N4O3S. The number of carbonyl (C=O) groups excluding carboxylic acids is 2. The van der Waals surface area contributed by atoms with E-state index in [4.69, 9.17) is 51.9 Å². The van der Waals surface area contributed by atoms with Crippen LogP contribution in [0.2, 0.25) is 0 Å². The van der Waals surface area contributed by atoms with Crippen LogP contribution in [0.25, 0.3) is 0 Å². The Labute approximate surface area is 194 Å². The number of amides is 1. The van der Waals surface area contributed by atoms with Gasteiger partial charge in [-0.05, 0) is 42.0 Å². The maximum absolute atomic E-state index is 12.0. The molecule has 0 fully saturated rings. The van der Waals surface area contributed by atoms with Crippen LogP contribution in [0.3, 0.4) is 0 Å². The number of alkyl halides is 3. The smallest absolute Gasteiger partial charge is 0.329 e. The van der Waals surface area contributed by atoms with Crippen molar-refractivity contribution >= 4 is 75.4 Å². The lowest BCUT2D eigenvalue weighted by molar-refractivity contribution is -0.152. The highest BCUT2D eigenvalue weighted by Gasteiger charge is 2.34. The average molecular weight is 490 g/mol. The maximum Gasteiger partial charge on any atom is 0.329 e. The average Bonchev–Trinajstić information content (AvgIpc) is 2.66. The van der Waals surface area contributed by atoms with Crippen molar-refractivity contribution in [2.45, 2.75) is 23.3 Å². The Morgan fingerprint density at radius 1 is 1.00 bits per heavy atom. The Balaban J connectivity index is 1.89. The van der Waals surface area contributed by atoms with Gasteiger partial charge in [0.1, 0.15) is 0 Å². The van der Waals surface area contributed by atoms with E-state index in [0.29, 0.717) is 11.4 Å². The molecule has 11 heteroatoms. The molecule has 0 aliphatic heterocycles. The summed E-state index contributed by atoms with van der Waals surface area (Å²) in [5, 5.41) is 8.41. The summed E-state index contributed by atoms with van der Waals surface area (Å²) in [5.74, 6) is -0.735. The standard InChI is InChI=1S/C19H19Cl3N4O3S/c1-12(27)23-14-7-9-15(10-8-14)24-18(30)25-17(19(20,21)22)26-29-16(28)11-13-5-3-2-4-6-13/h2-10,17,26H,11H2,1H3,(H,23,27)(H2,24,25,30). The van der Waals surface area contributed by atoms with Crippen molar-refractivity contribution in [1.29, 1.82) is 0 Å². The minimum atomic E-state index is -1.88. The monoisotopic (exact) mass is 488 g/mol. The number of carbonyl (C=O) groups is 2. The van der Waals surface area contributed by atoms with Crippen molar-refractivity contribution in [2.75, 3.05) is 10.6 Å². The van der Waals surface area contributed by atoms with Crippen LogP contribution in [0.1, 0.15) is 12.5 Å². The Bertz CT molecular complexity index is 877. The Morgan fingerprint density at radius 2 is 1.57 bits per heavy atom. The summed E-state index contributed by atoms with van der Waals surface area (Å²) in [7, 11) is 0.